The predicted octanol–water partition coefficient (Wildman–Crippen LogP) is 0.467. The van der Waals surface area contributed by atoms with Crippen molar-refractivity contribution in [2.24, 2.45) is 11.1 Å². The lowest BCUT2D eigenvalue weighted by Crippen LogP contribution is -2.41. The Morgan fingerprint density at radius 1 is 1.24 bits per heavy atom. The predicted molar refractivity (Wildman–Crippen MR) is 84.4 cm³/mol. The second kappa shape index (κ2) is 5.13. The number of H-pyrrole nitrogens is 2. The van der Waals surface area contributed by atoms with Crippen molar-refractivity contribution >= 4 is 39.6 Å². The zero-order valence-corrected chi connectivity index (χ0v) is 12.3. The van der Waals surface area contributed by atoms with Crippen LogP contribution < -0.4 is 22.2 Å². The van der Waals surface area contributed by atoms with Crippen molar-refractivity contribution < 1.29 is 4.79 Å². The number of hydrogen-bond acceptors (Lipinski definition) is 4. The van der Waals surface area contributed by atoms with Gasteiger partial charge in [0, 0.05) is 0 Å². The first-order valence-corrected chi connectivity index (χ1v) is 6.51. The minimum Gasteiger partial charge on any atom is -0.392 e. The third-order valence-electron chi connectivity index (χ3n) is 3.26. The van der Waals surface area contributed by atoms with Crippen LogP contribution >= 0.6 is 12.2 Å². The van der Waals surface area contributed by atoms with Crippen LogP contribution in [0.5, 0.6) is 0 Å². The highest BCUT2D eigenvalue weighted by molar-refractivity contribution is 7.80. The summed E-state index contributed by atoms with van der Waals surface area (Å²) in [5.41, 5.74) is 3.74. The summed E-state index contributed by atoms with van der Waals surface area (Å²) < 4.78 is 0. The number of amides is 1. The highest BCUT2D eigenvalue weighted by Gasteiger charge is 2.31. The second-order valence-electron chi connectivity index (χ2n) is 5.08. The summed E-state index contributed by atoms with van der Waals surface area (Å²) >= 11 is 4.86. The number of thiocarbonyl (C=S) groups is 1. The summed E-state index contributed by atoms with van der Waals surface area (Å²) in [6.45, 7) is 3.15. The summed E-state index contributed by atoms with van der Waals surface area (Å²) in [5.74, 6) is -0.456. The lowest BCUT2D eigenvalue weighted by molar-refractivity contribution is -0.121. The summed E-state index contributed by atoms with van der Waals surface area (Å²) in [5, 5.41) is 7.33. The number of carbonyl (C=O) groups is 1. The number of aromatic amines is 2. The maximum atomic E-state index is 12.2. The van der Waals surface area contributed by atoms with Crippen LogP contribution in [0, 0.1) is 5.41 Å². The largest absolute Gasteiger partial charge is 0.392 e. The van der Waals surface area contributed by atoms with Crippen LogP contribution in [0.1, 0.15) is 13.8 Å². The molecule has 0 radical (unpaired) electrons. The monoisotopic (exact) mass is 306 g/mol. The Morgan fingerprint density at radius 2 is 1.86 bits per heavy atom. The molecule has 0 spiro atoms. The number of nitrogens with one attached hydrogen (secondary N) is 3. The van der Waals surface area contributed by atoms with Gasteiger partial charge in [0.1, 0.15) is 0 Å². The average molecular weight is 306 g/mol. The third-order valence-corrected chi connectivity index (χ3v) is 3.77. The van der Waals surface area contributed by atoms with Gasteiger partial charge < -0.3 is 11.1 Å². The molecule has 0 bridgehead atoms. The Bertz CT molecular complexity index is 850. The SMILES string of the molecule is CC(C)(C(=O)Nc1cccc2c(=O)[nH][nH]c(=O)c12)C(N)=S. The maximum Gasteiger partial charge on any atom is 0.272 e. The Hall–Kier alpha value is -2.48. The molecule has 0 atom stereocenters. The second-order valence-corrected chi connectivity index (χ2v) is 5.52. The van der Waals surface area contributed by atoms with Gasteiger partial charge in [-0.2, -0.15) is 0 Å². The number of nitrogens with two attached hydrogens (primary N) is 1. The molecule has 0 aliphatic heterocycles. The Balaban J connectivity index is 2.57. The Morgan fingerprint density at radius 3 is 2.48 bits per heavy atom. The van der Waals surface area contributed by atoms with E-state index in [9.17, 15) is 14.4 Å². The van der Waals surface area contributed by atoms with Crippen molar-refractivity contribution in [1.29, 1.82) is 0 Å². The minimum atomic E-state index is -1.08. The maximum absolute atomic E-state index is 12.2. The Kier molecular flexibility index (Phi) is 3.65. The van der Waals surface area contributed by atoms with Crippen LogP contribution in [0.3, 0.4) is 0 Å². The molecule has 110 valence electrons. The fourth-order valence-corrected chi connectivity index (χ4v) is 1.82. The normalized spacial score (nSPS) is 11.3. The molecule has 0 saturated carbocycles. The summed E-state index contributed by atoms with van der Waals surface area (Å²) in [6.07, 6.45) is 0. The molecule has 1 aromatic heterocycles. The highest BCUT2D eigenvalue weighted by Crippen LogP contribution is 2.22. The molecule has 0 aliphatic carbocycles. The molecule has 2 aromatic rings. The van der Waals surface area contributed by atoms with Crippen LogP contribution in [0.2, 0.25) is 0 Å². The fourth-order valence-electron chi connectivity index (χ4n) is 1.72. The van der Waals surface area contributed by atoms with E-state index in [1.165, 1.54) is 12.1 Å². The van der Waals surface area contributed by atoms with Crippen molar-refractivity contribution in [3.05, 3.63) is 38.9 Å². The average Bonchev–Trinajstić information content (AvgIpc) is 2.42. The number of fused-ring (bicyclic) bond motifs is 1. The van der Waals surface area contributed by atoms with E-state index in [1.54, 1.807) is 19.9 Å². The highest BCUT2D eigenvalue weighted by atomic mass is 32.1. The van der Waals surface area contributed by atoms with E-state index >= 15 is 0 Å². The van der Waals surface area contributed by atoms with E-state index in [4.69, 9.17) is 18.0 Å². The molecule has 1 aromatic carbocycles. The van der Waals surface area contributed by atoms with Crippen molar-refractivity contribution in [2.45, 2.75) is 13.8 Å². The van der Waals surface area contributed by atoms with Gasteiger partial charge in [0.25, 0.3) is 11.1 Å². The minimum absolute atomic E-state index is 0.0343. The molecule has 1 heterocycles. The van der Waals surface area contributed by atoms with Gasteiger partial charge in [0.2, 0.25) is 5.91 Å². The molecule has 0 fully saturated rings. The molecule has 8 heteroatoms. The van der Waals surface area contributed by atoms with Gasteiger partial charge in [-0.05, 0) is 26.0 Å². The molecule has 2 rings (SSSR count). The number of aromatic nitrogens is 2. The third kappa shape index (κ3) is 2.57. The van der Waals surface area contributed by atoms with Crippen LogP contribution in [0.15, 0.2) is 27.8 Å². The molecule has 0 aliphatic rings. The van der Waals surface area contributed by atoms with Crippen LogP contribution in [0.25, 0.3) is 10.8 Å². The van der Waals surface area contributed by atoms with Crippen molar-refractivity contribution in [2.75, 3.05) is 5.32 Å². The van der Waals surface area contributed by atoms with Crippen LogP contribution in [-0.4, -0.2) is 21.1 Å². The first kappa shape index (κ1) is 14.9. The Labute approximate surface area is 124 Å². The van der Waals surface area contributed by atoms with Crippen molar-refractivity contribution in [1.82, 2.24) is 10.2 Å². The zero-order valence-electron chi connectivity index (χ0n) is 11.4. The van der Waals surface area contributed by atoms with Crippen molar-refractivity contribution in [3.63, 3.8) is 0 Å². The molecular weight excluding hydrogens is 292 g/mol. The number of anilines is 1. The van der Waals surface area contributed by atoms with Gasteiger partial charge in [-0.1, -0.05) is 18.3 Å². The van der Waals surface area contributed by atoms with E-state index < -0.39 is 22.4 Å². The molecule has 7 nitrogen and oxygen atoms in total. The van der Waals surface area contributed by atoms with E-state index in [1.807, 2.05) is 0 Å². The molecular formula is C13H14N4O3S. The van der Waals surface area contributed by atoms with Gasteiger partial charge in [0.15, 0.2) is 0 Å². The summed E-state index contributed by atoms with van der Waals surface area (Å²) in [4.78, 5) is 35.9. The number of hydrogen-bond donors (Lipinski definition) is 4. The molecule has 1 amide bonds. The molecule has 0 saturated heterocycles. The lowest BCUT2D eigenvalue weighted by Gasteiger charge is -2.22. The number of carbonyl (C=O) groups excluding carboxylic acids is 1. The smallest absolute Gasteiger partial charge is 0.272 e. The van der Waals surface area contributed by atoms with Crippen LogP contribution in [-0.2, 0) is 4.79 Å². The van der Waals surface area contributed by atoms with Crippen LogP contribution in [0.4, 0.5) is 5.69 Å². The van der Waals surface area contributed by atoms with E-state index in [0.717, 1.165) is 0 Å². The fraction of sp³-hybridized carbons (Fsp3) is 0.231. The first-order valence-electron chi connectivity index (χ1n) is 6.10. The lowest BCUT2D eigenvalue weighted by atomic mass is 9.92. The summed E-state index contributed by atoms with van der Waals surface area (Å²) in [7, 11) is 0. The molecule has 0 unspecified atom stereocenters. The van der Waals surface area contributed by atoms with E-state index in [-0.39, 0.29) is 21.4 Å². The first-order chi connectivity index (χ1) is 9.75. The van der Waals surface area contributed by atoms with Gasteiger partial charge >= 0.3 is 0 Å². The quantitative estimate of drug-likeness (QED) is 0.614. The number of rotatable bonds is 3. The van der Waals surface area contributed by atoms with Gasteiger partial charge in [0.05, 0.1) is 26.9 Å². The van der Waals surface area contributed by atoms with Gasteiger partial charge in [-0.3, -0.25) is 24.6 Å². The van der Waals surface area contributed by atoms with E-state index in [0.29, 0.717) is 0 Å². The number of benzene rings is 1. The van der Waals surface area contributed by atoms with Gasteiger partial charge in [-0.25, -0.2) is 0 Å². The van der Waals surface area contributed by atoms with Gasteiger partial charge in [-0.15, -0.1) is 0 Å². The standard InChI is InChI=1S/C13H14N4O3S/c1-13(2,11(14)21)12(20)15-7-5-3-4-6-8(7)10(19)17-16-9(6)18/h3-5H,1-2H3,(H2,14,21)(H,15,20)(H,16,18)(H,17,19). The molecule has 5 N–H and O–H groups in total. The summed E-state index contributed by atoms with van der Waals surface area (Å²) in [6, 6.07) is 4.60. The molecule has 21 heavy (non-hydrogen) atoms. The topological polar surface area (TPSA) is 121 Å². The zero-order chi connectivity index (χ0) is 15.8. The van der Waals surface area contributed by atoms with E-state index in [2.05, 4.69) is 15.5 Å². The van der Waals surface area contributed by atoms with Crippen molar-refractivity contribution in [3.8, 4) is 0 Å².